The number of alkyl halides is 3. The molecule has 88 valence electrons. The van der Waals surface area contributed by atoms with Gasteiger partial charge in [0.15, 0.2) is 0 Å². The summed E-state index contributed by atoms with van der Waals surface area (Å²) >= 11 is 0. The first-order valence-electron chi connectivity index (χ1n) is 4.84. The van der Waals surface area contributed by atoms with Gasteiger partial charge in [-0.3, -0.25) is 4.79 Å². The molecule has 1 saturated carbocycles. The maximum absolute atomic E-state index is 12.4. The van der Waals surface area contributed by atoms with Gasteiger partial charge in [0.25, 0.3) is 0 Å². The Labute approximate surface area is 85.4 Å². The lowest BCUT2D eigenvalue weighted by Crippen LogP contribution is -2.34. The molecule has 1 aliphatic carbocycles. The van der Waals surface area contributed by atoms with E-state index >= 15 is 0 Å². The molecule has 0 spiro atoms. The van der Waals surface area contributed by atoms with Crippen LogP contribution in [0.4, 0.5) is 13.2 Å². The van der Waals surface area contributed by atoms with Crippen molar-refractivity contribution in [2.45, 2.75) is 37.9 Å². The van der Waals surface area contributed by atoms with Gasteiger partial charge in [-0.2, -0.15) is 13.2 Å². The summed E-state index contributed by atoms with van der Waals surface area (Å²) in [7, 11) is 0. The maximum atomic E-state index is 12.4. The topological polar surface area (TPSA) is 63.3 Å². The predicted molar refractivity (Wildman–Crippen MR) is 47.1 cm³/mol. The molecule has 0 aromatic heterocycles. The van der Waals surface area contributed by atoms with Crippen molar-refractivity contribution >= 4 is 5.97 Å². The number of carboxylic acids is 1. The second-order valence-electron chi connectivity index (χ2n) is 4.07. The van der Waals surface area contributed by atoms with E-state index in [0.717, 1.165) is 12.8 Å². The van der Waals surface area contributed by atoms with E-state index in [1.165, 1.54) is 0 Å². The maximum Gasteiger partial charge on any atom is 0.392 e. The molecule has 3 nitrogen and oxygen atoms in total. The summed E-state index contributed by atoms with van der Waals surface area (Å²) in [4.78, 5) is 10.3. The largest absolute Gasteiger partial charge is 0.481 e. The standard InChI is InChI=1S/C9H14F3NO2/c10-9(11,12)6(4-8(14)15)3-7(13)5-1-2-5/h5-7H,1-4,13H2,(H,14,15)/t6-,7-/m1/s1. The van der Waals surface area contributed by atoms with Crippen LogP contribution in [-0.4, -0.2) is 23.3 Å². The fourth-order valence-corrected chi connectivity index (χ4v) is 1.59. The Bertz CT molecular complexity index is 238. The predicted octanol–water partition coefficient (Wildman–Crippen LogP) is 1.77. The minimum absolute atomic E-state index is 0.156. The van der Waals surface area contributed by atoms with Crippen LogP contribution in [0.1, 0.15) is 25.7 Å². The van der Waals surface area contributed by atoms with Crippen molar-refractivity contribution in [1.29, 1.82) is 0 Å². The van der Waals surface area contributed by atoms with E-state index in [1.54, 1.807) is 0 Å². The molecule has 0 aromatic rings. The molecule has 6 heteroatoms. The van der Waals surface area contributed by atoms with E-state index in [9.17, 15) is 18.0 Å². The monoisotopic (exact) mass is 225 g/mol. The normalized spacial score (nSPS) is 21.1. The Morgan fingerprint density at radius 3 is 2.33 bits per heavy atom. The zero-order chi connectivity index (χ0) is 11.6. The first-order valence-corrected chi connectivity index (χ1v) is 4.84. The van der Waals surface area contributed by atoms with E-state index in [-0.39, 0.29) is 12.3 Å². The summed E-state index contributed by atoms with van der Waals surface area (Å²) in [6, 6.07) is -0.518. The fraction of sp³-hybridized carbons (Fsp3) is 0.889. The van der Waals surface area contributed by atoms with Crippen molar-refractivity contribution in [2.24, 2.45) is 17.6 Å². The first kappa shape index (κ1) is 12.3. The Balaban J connectivity index is 2.51. The van der Waals surface area contributed by atoms with E-state index in [1.807, 2.05) is 0 Å². The molecule has 2 atom stereocenters. The smallest absolute Gasteiger partial charge is 0.392 e. The molecular weight excluding hydrogens is 211 g/mol. The molecule has 0 aromatic carbocycles. The number of carbonyl (C=O) groups is 1. The zero-order valence-electron chi connectivity index (χ0n) is 8.13. The van der Waals surface area contributed by atoms with Crippen molar-refractivity contribution in [3.05, 3.63) is 0 Å². The van der Waals surface area contributed by atoms with Gasteiger partial charge in [0.05, 0.1) is 12.3 Å². The van der Waals surface area contributed by atoms with Crippen molar-refractivity contribution in [1.82, 2.24) is 0 Å². The van der Waals surface area contributed by atoms with E-state index in [4.69, 9.17) is 10.8 Å². The molecule has 0 heterocycles. The highest BCUT2D eigenvalue weighted by Crippen LogP contribution is 2.38. The molecule has 0 radical (unpaired) electrons. The number of hydrogen-bond donors (Lipinski definition) is 2. The van der Waals surface area contributed by atoms with Crippen molar-refractivity contribution in [3.63, 3.8) is 0 Å². The summed E-state index contributed by atoms with van der Waals surface area (Å²) < 4.78 is 37.2. The van der Waals surface area contributed by atoms with Crippen molar-refractivity contribution < 1.29 is 23.1 Å². The summed E-state index contributed by atoms with van der Waals surface area (Å²) in [6.07, 6.45) is -3.91. The first-order chi connectivity index (χ1) is 6.80. The van der Waals surface area contributed by atoms with Crippen LogP contribution in [-0.2, 0) is 4.79 Å². The van der Waals surface area contributed by atoms with Crippen LogP contribution in [0.5, 0.6) is 0 Å². The number of hydrogen-bond acceptors (Lipinski definition) is 2. The number of aliphatic carboxylic acids is 1. The van der Waals surface area contributed by atoms with Crippen molar-refractivity contribution in [2.75, 3.05) is 0 Å². The number of carboxylic acid groups (broad SMARTS) is 1. The van der Waals surface area contributed by atoms with Gasteiger partial charge in [-0.1, -0.05) is 0 Å². The molecule has 0 saturated heterocycles. The van der Waals surface area contributed by atoms with E-state index < -0.39 is 30.5 Å². The summed E-state index contributed by atoms with van der Waals surface area (Å²) in [6.45, 7) is 0. The summed E-state index contributed by atoms with van der Waals surface area (Å²) in [5.41, 5.74) is 5.56. The second kappa shape index (κ2) is 4.38. The molecule has 0 amide bonds. The Morgan fingerprint density at radius 1 is 1.47 bits per heavy atom. The minimum Gasteiger partial charge on any atom is -0.481 e. The lowest BCUT2D eigenvalue weighted by atomic mass is 9.94. The zero-order valence-corrected chi connectivity index (χ0v) is 8.13. The molecule has 1 fully saturated rings. The lowest BCUT2D eigenvalue weighted by Gasteiger charge is -2.21. The van der Waals surface area contributed by atoms with E-state index in [0.29, 0.717) is 0 Å². The molecule has 0 unspecified atom stereocenters. The number of halogens is 3. The highest BCUT2D eigenvalue weighted by molar-refractivity contribution is 5.67. The van der Waals surface area contributed by atoms with Crippen LogP contribution in [0.25, 0.3) is 0 Å². The van der Waals surface area contributed by atoms with Crippen LogP contribution in [0.15, 0.2) is 0 Å². The molecular formula is C9H14F3NO2. The van der Waals surface area contributed by atoms with Crippen LogP contribution in [0.3, 0.4) is 0 Å². The van der Waals surface area contributed by atoms with Crippen LogP contribution in [0, 0.1) is 11.8 Å². The third-order valence-corrected chi connectivity index (χ3v) is 2.67. The van der Waals surface area contributed by atoms with Gasteiger partial charge in [0.1, 0.15) is 0 Å². The third-order valence-electron chi connectivity index (χ3n) is 2.67. The van der Waals surface area contributed by atoms with Gasteiger partial charge in [0, 0.05) is 6.04 Å². The number of nitrogens with two attached hydrogens (primary N) is 1. The van der Waals surface area contributed by atoms with Crippen LogP contribution < -0.4 is 5.73 Å². The molecule has 0 aliphatic heterocycles. The highest BCUT2D eigenvalue weighted by atomic mass is 19.4. The van der Waals surface area contributed by atoms with Gasteiger partial charge < -0.3 is 10.8 Å². The Kier molecular flexibility index (Phi) is 3.59. The summed E-state index contributed by atoms with van der Waals surface area (Å²) in [5, 5.41) is 8.37. The second-order valence-corrected chi connectivity index (χ2v) is 4.07. The third kappa shape index (κ3) is 4.07. The van der Waals surface area contributed by atoms with Gasteiger partial charge in [0.2, 0.25) is 0 Å². The van der Waals surface area contributed by atoms with Gasteiger partial charge in [-0.05, 0) is 25.2 Å². The SMILES string of the molecule is N[C@H](C[C@H](CC(=O)O)C(F)(F)F)C1CC1. The van der Waals surface area contributed by atoms with Gasteiger partial charge in [-0.15, -0.1) is 0 Å². The minimum atomic E-state index is -4.47. The molecule has 0 bridgehead atoms. The lowest BCUT2D eigenvalue weighted by molar-refractivity contribution is -0.185. The Morgan fingerprint density at radius 2 is 2.00 bits per heavy atom. The quantitative estimate of drug-likeness (QED) is 0.749. The van der Waals surface area contributed by atoms with E-state index in [2.05, 4.69) is 0 Å². The average molecular weight is 225 g/mol. The van der Waals surface area contributed by atoms with Crippen LogP contribution in [0.2, 0.25) is 0 Å². The molecule has 1 aliphatic rings. The van der Waals surface area contributed by atoms with Crippen LogP contribution >= 0.6 is 0 Å². The highest BCUT2D eigenvalue weighted by Gasteiger charge is 2.43. The van der Waals surface area contributed by atoms with Crippen molar-refractivity contribution in [3.8, 4) is 0 Å². The van der Waals surface area contributed by atoms with Gasteiger partial charge >= 0.3 is 12.1 Å². The molecule has 15 heavy (non-hydrogen) atoms. The molecule has 1 rings (SSSR count). The van der Waals surface area contributed by atoms with Gasteiger partial charge in [-0.25, -0.2) is 0 Å². The molecule has 3 N–H and O–H groups in total. The fourth-order valence-electron chi connectivity index (χ4n) is 1.59. The summed E-state index contributed by atoms with van der Waals surface area (Å²) in [5.74, 6) is -3.09. The Hall–Kier alpha value is -0.780. The average Bonchev–Trinajstić information content (AvgIpc) is 2.81. The number of rotatable bonds is 5.